The molecule has 1 rings (SSSR count). The SMILES string of the molecule is CCNCCC(C)(O)c1ncccc1OC. The van der Waals surface area contributed by atoms with Gasteiger partial charge in [0.2, 0.25) is 0 Å². The Labute approximate surface area is 96.7 Å². The molecule has 0 spiro atoms. The molecule has 0 aliphatic rings. The fourth-order valence-electron chi connectivity index (χ4n) is 1.59. The number of aliphatic hydroxyl groups is 1. The average Bonchev–Trinajstić information content (AvgIpc) is 2.29. The molecule has 4 heteroatoms. The molecule has 1 aromatic rings. The molecule has 1 unspecified atom stereocenters. The first-order valence-corrected chi connectivity index (χ1v) is 5.54. The molecule has 0 aliphatic carbocycles. The van der Waals surface area contributed by atoms with E-state index in [9.17, 15) is 5.11 Å². The van der Waals surface area contributed by atoms with Gasteiger partial charge < -0.3 is 15.2 Å². The summed E-state index contributed by atoms with van der Waals surface area (Å²) in [7, 11) is 1.58. The number of nitrogens with one attached hydrogen (secondary N) is 1. The van der Waals surface area contributed by atoms with E-state index in [1.165, 1.54) is 0 Å². The molecule has 0 saturated carbocycles. The Bertz CT molecular complexity index is 327. The van der Waals surface area contributed by atoms with Gasteiger partial charge in [-0.25, -0.2) is 0 Å². The second-order valence-electron chi connectivity index (χ2n) is 3.93. The molecule has 1 heterocycles. The van der Waals surface area contributed by atoms with Gasteiger partial charge in [-0.15, -0.1) is 0 Å². The molecule has 0 radical (unpaired) electrons. The smallest absolute Gasteiger partial charge is 0.143 e. The summed E-state index contributed by atoms with van der Waals surface area (Å²) in [6.07, 6.45) is 2.27. The van der Waals surface area contributed by atoms with Gasteiger partial charge in [0.25, 0.3) is 0 Å². The Morgan fingerprint density at radius 1 is 1.56 bits per heavy atom. The minimum atomic E-state index is -0.964. The summed E-state index contributed by atoms with van der Waals surface area (Å²) in [6.45, 7) is 5.45. The van der Waals surface area contributed by atoms with Crippen LogP contribution in [0.25, 0.3) is 0 Å². The van der Waals surface area contributed by atoms with E-state index in [0.29, 0.717) is 17.9 Å². The molecule has 90 valence electrons. The Morgan fingerprint density at radius 3 is 2.94 bits per heavy atom. The van der Waals surface area contributed by atoms with E-state index in [-0.39, 0.29) is 0 Å². The standard InChI is InChI=1S/C12H20N2O2/c1-4-13-9-7-12(2,15)11-10(16-3)6-5-8-14-11/h5-6,8,13,15H,4,7,9H2,1-3H3. The van der Waals surface area contributed by atoms with Gasteiger partial charge in [0.15, 0.2) is 0 Å². The van der Waals surface area contributed by atoms with Gasteiger partial charge in [-0.1, -0.05) is 6.92 Å². The number of rotatable bonds is 6. The van der Waals surface area contributed by atoms with Crippen LogP contribution in [0.1, 0.15) is 26.0 Å². The van der Waals surface area contributed by atoms with Crippen molar-refractivity contribution in [3.63, 3.8) is 0 Å². The Morgan fingerprint density at radius 2 is 2.31 bits per heavy atom. The van der Waals surface area contributed by atoms with Crippen LogP contribution in [0, 0.1) is 0 Å². The van der Waals surface area contributed by atoms with E-state index >= 15 is 0 Å². The minimum absolute atomic E-state index is 0.593. The monoisotopic (exact) mass is 224 g/mol. The number of methoxy groups -OCH3 is 1. The third-order valence-electron chi connectivity index (χ3n) is 2.54. The van der Waals surface area contributed by atoms with E-state index in [4.69, 9.17) is 4.74 Å². The molecular weight excluding hydrogens is 204 g/mol. The van der Waals surface area contributed by atoms with Crippen molar-refractivity contribution in [1.29, 1.82) is 0 Å². The maximum absolute atomic E-state index is 10.3. The van der Waals surface area contributed by atoms with Crippen LogP contribution in [-0.2, 0) is 5.60 Å². The van der Waals surface area contributed by atoms with Crippen LogP contribution in [0.4, 0.5) is 0 Å². The van der Waals surface area contributed by atoms with Crippen LogP contribution in [-0.4, -0.2) is 30.3 Å². The summed E-state index contributed by atoms with van der Waals surface area (Å²) in [5.74, 6) is 0.629. The lowest BCUT2D eigenvalue weighted by atomic mass is 9.96. The van der Waals surface area contributed by atoms with E-state index < -0.39 is 5.60 Å². The number of hydrogen-bond acceptors (Lipinski definition) is 4. The van der Waals surface area contributed by atoms with E-state index in [1.54, 1.807) is 26.3 Å². The molecule has 0 aromatic carbocycles. The van der Waals surface area contributed by atoms with Gasteiger partial charge in [-0.2, -0.15) is 0 Å². The topological polar surface area (TPSA) is 54.4 Å². The number of pyridine rings is 1. The molecule has 1 aromatic heterocycles. The molecule has 1 atom stereocenters. The molecule has 2 N–H and O–H groups in total. The molecule has 0 saturated heterocycles. The average molecular weight is 224 g/mol. The van der Waals surface area contributed by atoms with Crippen molar-refractivity contribution in [2.75, 3.05) is 20.2 Å². The molecule has 0 fully saturated rings. The van der Waals surface area contributed by atoms with Crippen molar-refractivity contribution < 1.29 is 9.84 Å². The lowest BCUT2D eigenvalue weighted by Gasteiger charge is -2.24. The van der Waals surface area contributed by atoms with Crippen molar-refractivity contribution in [3.05, 3.63) is 24.0 Å². The number of ether oxygens (including phenoxy) is 1. The Balaban J connectivity index is 2.79. The fraction of sp³-hybridized carbons (Fsp3) is 0.583. The Kier molecular flexibility index (Phi) is 4.71. The quantitative estimate of drug-likeness (QED) is 0.715. The molecule has 4 nitrogen and oxygen atoms in total. The summed E-state index contributed by atoms with van der Waals surface area (Å²) in [5.41, 5.74) is -0.371. The fourth-order valence-corrected chi connectivity index (χ4v) is 1.59. The molecule has 0 amide bonds. The minimum Gasteiger partial charge on any atom is -0.495 e. The van der Waals surface area contributed by atoms with Crippen molar-refractivity contribution >= 4 is 0 Å². The zero-order chi connectivity index (χ0) is 12.0. The van der Waals surface area contributed by atoms with Gasteiger partial charge in [0.05, 0.1) is 7.11 Å². The maximum Gasteiger partial charge on any atom is 0.143 e. The van der Waals surface area contributed by atoms with Crippen molar-refractivity contribution in [2.45, 2.75) is 25.9 Å². The van der Waals surface area contributed by atoms with Gasteiger partial charge in [0, 0.05) is 6.20 Å². The highest BCUT2D eigenvalue weighted by molar-refractivity contribution is 5.31. The van der Waals surface area contributed by atoms with Crippen LogP contribution >= 0.6 is 0 Å². The molecule has 0 aliphatic heterocycles. The van der Waals surface area contributed by atoms with Gasteiger partial charge in [0.1, 0.15) is 17.0 Å². The predicted molar refractivity (Wildman–Crippen MR) is 63.5 cm³/mol. The first-order chi connectivity index (χ1) is 7.61. The summed E-state index contributed by atoms with van der Waals surface area (Å²) in [4.78, 5) is 4.20. The Hall–Kier alpha value is -1.13. The summed E-state index contributed by atoms with van der Waals surface area (Å²) in [6, 6.07) is 3.60. The van der Waals surface area contributed by atoms with Crippen molar-refractivity contribution in [3.8, 4) is 5.75 Å². The van der Waals surface area contributed by atoms with E-state index in [1.807, 2.05) is 13.0 Å². The third-order valence-corrected chi connectivity index (χ3v) is 2.54. The highest BCUT2D eigenvalue weighted by Crippen LogP contribution is 2.29. The summed E-state index contributed by atoms with van der Waals surface area (Å²) >= 11 is 0. The first kappa shape index (κ1) is 12.9. The summed E-state index contributed by atoms with van der Waals surface area (Å²) in [5, 5.41) is 13.5. The summed E-state index contributed by atoms with van der Waals surface area (Å²) < 4.78 is 5.20. The van der Waals surface area contributed by atoms with Crippen LogP contribution in [0.15, 0.2) is 18.3 Å². The number of aromatic nitrogens is 1. The lowest BCUT2D eigenvalue weighted by Crippen LogP contribution is -2.29. The van der Waals surface area contributed by atoms with E-state index in [2.05, 4.69) is 10.3 Å². The van der Waals surface area contributed by atoms with Crippen LogP contribution < -0.4 is 10.1 Å². The van der Waals surface area contributed by atoms with Crippen LogP contribution in [0.2, 0.25) is 0 Å². The lowest BCUT2D eigenvalue weighted by molar-refractivity contribution is 0.0410. The highest BCUT2D eigenvalue weighted by atomic mass is 16.5. The normalized spacial score (nSPS) is 14.5. The van der Waals surface area contributed by atoms with E-state index in [0.717, 1.165) is 13.1 Å². The zero-order valence-corrected chi connectivity index (χ0v) is 10.2. The van der Waals surface area contributed by atoms with Crippen LogP contribution in [0.3, 0.4) is 0 Å². The van der Waals surface area contributed by atoms with Gasteiger partial charge >= 0.3 is 0 Å². The second-order valence-corrected chi connectivity index (χ2v) is 3.93. The second kappa shape index (κ2) is 5.82. The predicted octanol–water partition coefficient (Wildman–Crippen LogP) is 1.30. The molecule has 0 bridgehead atoms. The largest absolute Gasteiger partial charge is 0.495 e. The molecular formula is C12H20N2O2. The maximum atomic E-state index is 10.3. The highest BCUT2D eigenvalue weighted by Gasteiger charge is 2.27. The van der Waals surface area contributed by atoms with Gasteiger partial charge in [-0.3, -0.25) is 4.98 Å². The third kappa shape index (κ3) is 3.18. The number of nitrogens with zero attached hydrogens (tertiary/aromatic N) is 1. The first-order valence-electron chi connectivity index (χ1n) is 5.54. The number of hydrogen-bond donors (Lipinski definition) is 2. The van der Waals surface area contributed by atoms with Crippen molar-refractivity contribution in [1.82, 2.24) is 10.3 Å². The van der Waals surface area contributed by atoms with Crippen molar-refractivity contribution in [2.24, 2.45) is 0 Å². The zero-order valence-electron chi connectivity index (χ0n) is 10.2. The van der Waals surface area contributed by atoms with Gasteiger partial charge in [-0.05, 0) is 38.6 Å². The van der Waals surface area contributed by atoms with Crippen LogP contribution in [0.5, 0.6) is 5.75 Å². The molecule has 16 heavy (non-hydrogen) atoms.